The van der Waals surface area contributed by atoms with Gasteiger partial charge in [-0.25, -0.2) is 14.8 Å². The zero-order valence-electron chi connectivity index (χ0n) is 14.5. The molecular formula is C18H18N6O3. The van der Waals surface area contributed by atoms with E-state index < -0.39 is 5.97 Å². The van der Waals surface area contributed by atoms with E-state index in [2.05, 4.69) is 30.4 Å². The van der Waals surface area contributed by atoms with Crippen LogP contribution in [0.25, 0.3) is 11.4 Å². The van der Waals surface area contributed by atoms with Gasteiger partial charge in [0.15, 0.2) is 5.82 Å². The molecular weight excluding hydrogens is 348 g/mol. The van der Waals surface area contributed by atoms with E-state index in [-0.39, 0.29) is 5.56 Å². The third kappa shape index (κ3) is 3.91. The first-order valence-corrected chi connectivity index (χ1v) is 8.78. The molecule has 3 aromatic rings. The molecule has 0 radical (unpaired) electrons. The maximum Gasteiger partial charge on any atom is 0.335 e. The van der Waals surface area contributed by atoms with Gasteiger partial charge in [0.25, 0.3) is 0 Å². The van der Waals surface area contributed by atoms with Gasteiger partial charge >= 0.3 is 5.97 Å². The van der Waals surface area contributed by atoms with Crippen molar-refractivity contribution < 1.29 is 14.4 Å². The van der Waals surface area contributed by atoms with Crippen molar-refractivity contribution >= 4 is 11.9 Å². The normalized spacial score (nSPS) is 13.9. The Morgan fingerprint density at radius 1 is 1.19 bits per heavy atom. The van der Waals surface area contributed by atoms with E-state index >= 15 is 0 Å². The zero-order valence-corrected chi connectivity index (χ0v) is 14.5. The number of nitrogens with one attached hydrogen (secondary N) is 1. The van der Waals surface area contributed by atoms with Crippen LogP contribution < -0.4 is 5.32 Å². The summed E-state index contributed by atoms with van der Waals surface area (Å²) in [5.41, 5.74) is 1.18. The lowest BCUT2D eigenvalue weighted by atomic mass is 9.85. The van der Waals surface area contributed by atoms with Gasteiger partial charge in [-0.1, -0.05) is 11.6 Å². The minimum absolute atomic E-state index is 0.160. The standard InChI is InChI=1S/C18H18N6O3/c25-17(26)12-4-7-19-14(10-12)13-5-8-20-18(22-13)21-9-6-15-23-16(27-24-15)11-2-1-3-11/h4-5,7-8,10-11H,1-3,6,9H2,(H,25,26)(H,20,21,22). The summed E-state index contributed by atoms with van der Waals surface area (Å²) in [4.78, 5) is 28.3. The van der Waals surface area contributed by atoms with E-state index in [0.29, 0.717) is 42.0 Å². The van der Waals surface area contributed by atoms with Gasteiger partial charge in [-0.2, -0.15) is 4.98 Å². The maximum atomic E-state index is 11.1. The van der Waals surface area contributed by atoms with Crippen LogP contribution in [0.5, 0.6) is 0 Å². The van der Waals surface area contributed by atoms with Gasteiger partial charge in [-0.3, -0.25) is 4.98 Å². The Bertz CT molecular complexity index is 954. The first-order chi connectivity index (χ1) is 13.2. The van der Waals surface area contributed by atoms with Crippen molar-refractivity contribution in [3.8, 4) is 11.4 Å². The monoisotopic (exact) mass is 366 g/mol. The smallest absolute Gasteiger partial charge is 0.335 e. The van der Waals surface area contributed by atoms with Crippen molar-refractivity contribution in [3.05, 3.63) is 47.9 Å². The van der Waals surface area contributed by atoms with Gasteiger partial charge < -0.3 is 14.9 Å². The molecule has 0 aromatic carbocycles. The molecule has 0 atom stereocenters. The highest BCUT2D eigenvalue weighted by Gasteiger charge is 2.25. The number of anilines is 1. The van der Waals surface area contributed by atoms with E-state index in [1.54, 1.807) is 12.3 Å². The summed E-state index contributed by atoms with van der Waals surface area (Å²) in [5.74, 6) is 1.24. The molecule has 0 aliphatic heterocycles. The van der Waals surface area contributed by atoms with E-state index in [1.807, 2.05) is 0 Å². The van der Waals surface area contributed by atoms with Gasteiger partial charge in [0.2, 0.25) is 11.8 Å². The molecule has 1 fully saturated rings. The fourth-order valence-electron chi connectivity index (χ4n) is 2.77. The molecule has 1 saturated carbocycles. The third-order valence-corrected chi connectivity index (χ3v) is 4.49. The van der Waals surface area contributed by atoms with Crippen molar-refractivity contribution in [3.63, 3.8) is 0 Å². The fraction of sp³-hybridized carbons (Fsp3) is 0.333. The van der Waals surface area contributed by atoms with Gasteiger partial charge in [0.1, 0.15) is 0 Å². The minimum atomic E-state index is -1.01. The average Bonchev–Trinajstić information content (AvgIpc) is 3.09. The number of carboxylic acid groups (broad SMARTS) is 1. The fourth-order valence-corrected chi connectivity index (χ4v) is 2.77. The molecule has 3 aromatic heterocycles. The van der Waals surface area contributed by atoms with Gasteiger partial charge in [-0.15, -0.1) is 0 Å². The summed E-state index contributed by atoms with van der Waals surface area (Å²) in [6, 6.07) is 4.61. The Morgan fingerprint density at radius 3 is 2.81 bits per heavy atom. The van der Waals surface area contributed by atoms with Crippen LogP contribution >= 0.6 is 0 Å². The molecule has 138 valence electrons. The summed E-state index contributed by atoms with van der Waals surface area (Å²) < 4.78 is 5.30. The topological polar surface area (TPSA) is 127 Å². The SMILES string of the molecule is O=C(O)c1ccnc(-c2ccnc(NCCc3noc(C4CCC4)n3)n2)c1. The second-order valence-electron chi connectivity index (χ2n) is 6.35. The van der Waals surface area contributed by atoms with Crippen molar-refractivity contribution in [2.75, 3.05) is 11.9 Å². The van der Waals surface area contributed by atoms with Crippen LogP contribution in [0, 0.1) is 0 Å². The molecule has 9 nitrogen and oxygen atoms in total. The molecule has 27 heavy (non-hydrogen) atoms. The molecule has 0 bridgehead atoms. The number of nitrogens with zero attached hydrogens (tertiary/aromatic N) is 5. The van der Waals surface area contributed by atoms with E-state index in [0.717, 1.165) is 18.7 Å². The molecule has 0 saturated heterocycles. The molecule has 2 N–H and O–H groups in total. The van der Waals surface area contributed by atoms with Crippen LogP contribution in [-0.4, -0.2) is 42.7 Å². The van der Waals surface area contributed by atoms with Gasteiger partial charge in [-0.05, 0) is 31.0 Å². The predicted octanol–water partition coefficient (Wildman–Crippen LogP) is 2.54. The largest absolute Gasteiger partial charge is 0.478 e. The van der Waals surface area contributed by atoms with Crippen molar-refractivity contribution in [1.29, 1.82) is 0 Å². The number of aromatic nitrogens is 5. The van der Waals surface area contributed by atoms with Crippen LogP contribution in [0.15, 0.2) is 35.1 Å². The molecule has 0 unspecified atom stereocenters. The average molecular weight is 366 g/mol. The van der Waals surface area contributed by atoms with Crippen LogP contribution in [0.1, 0.15) is 47.3 Å². The molecule has 0 amide bonds. The quantitative estimate of drug-likeness (QED) is 0.648. The van der Waals surface area contributed by atoms with Crippen LogP contribution in [-0.2, 0) is 6.42 Å². The lowest BCUT2D eigenvalue weighted by Crippen LogP contribution is -2.10. The summed E-state index contributed by atoms with van der Waals surface area (Å²) in [5, 5.41) is 16.2. The number of rotatable bonds is 7. The van der Waals surface area contributed by atoms with Crippen molar-refractivity contribution in [2.45, 2.75) is 31.6 Å². The summed E-state index contributed by atoms with van der Waals surface area (Å²) in [6.07, 6.45) is 7.11. The van der Waals surface area contributed by atoms with E-state index in [4.69, 9.17) is 9.63 Å². The number of carbonyl (C=O) groups is 1. The van der Waals surface area contributed by atoms with Crippen LogP contribution in [0.3, 0.4) is 0 Å². The summed E-state index contributed by atoms with van der Waals surface area (Å²) in [6.45, 7) is 0.551. The first-order valence-electron chi connectivity index (χ1n) is 8.78. The van der Waals surface area contributed by atoms with Gasteiger partial charge in [0, 0.05) is 31.3 Å². The lowest BCUT2D eigenvalue weighted by Gasteiger charge is -2.20. The van der Waals surface area contributed by atoms with E-state index in [1.165, 1.54) is 24.8 Å². The highest BCUT2D eigenvalue weighted by molar-refractivity contribution is 5.88. The second-order valence-corrected chi connectivity index (χ2v) is 6.35. The number of pyridine rings is 1. The predicted molar refractivity (Wildman–Crippen MR) is 95.3 cm³/mol. The van der Waals surface area contributed by atoms with Crippen LogP contribution in [0.2, 0.25) is 0 Å². The Morgan fingerprint density at radius 2 is 2.04 bits per heavy atom. The summed E-state index contributed by atoms with van der Waals surface area (Å²) in [7, 11) is 0. The maximum absolute atomic E-state index is 11.1. The second kappa shape index (κ2) is 7.48. The Labute approximate surface area is 154 Å². The first kappa shape index (κ1) is 17.1. The number of hydrogen-bond acceptors (Lipinski definition) is 8. The molecule has 9 heteroatoms. The molecule has 1 aliphatic rings. The minimum Gasteiger partial charge on any atom is -0.478 e. The Kier molecular flexibility index (Phi) is 4.73. The number of carboxylic acids is 1. The van der Waals surface area contributed by atoms with Crippen LogP contribution in [0.4, 0.5) is 5.95 Å². The van der Waals surface area contributed by atoms with Gasteiger partial charge in [0.05, 0.1) is 17.0 Å². The number of aromatic carboxylic acids is 1. The highest BCUT2D eigenvalue weighted by atomic mass is 16.5. The molecule has 4 rings (SSSR count). The highest BCUT2D eigenvalue weighted by Crippen LogP contribution is 2.35. The Balaban J connectivity index is 1.38. The molecule has 1 aliphatic carbocycles. The summed E-state index contributed by atoms with van der Waals surface area (Å²) >= 11 is 0. The molecule has 0 spiro atoms. The number of hydrogen-bond donors (Lipinski definition) is 2. The van der Waals surface area contributed by atoms with E-state index in [9.17, 15) is 4.79 Å². The lowest BCUT2D eigenvalue weighted by molar-refractivity contribution is 0.0697. The zero-order chi connectivity index (χ0) is 18.6. The third-order valence-electron chi connectivity index (χ3n) is 4.49. The van der Waals surface area contributed by atoms with Crippen molar-refractivity contribution in [1.82, 2.24) is 25.1 Å². The molecule has 3 heterocycles. The Hall–Kier alpha value is -3.36. The van der Waals surface area contributed by atoms with Crippen molar-refractivity contribution in [2.24, 2.45) is 0 Å².